The number of benzene rings is 2. The number of fused-ring (bicyclic) bond motifs is 3. The average Bonchev–Trinajstić information content (AvgIpc) is 3.03. The summed E-state index contributed by atoms with van der Waals surface area (Å²) in [5, 5.41) is 5.69. The van der Waals surface area contributed by atoms with Crippen molar-refractivity contribution in [1.82, 2.24) is 34.5 Å². The van der Waals surface area contributed by atoms with Crippen LogP contribution in [0.4, 0.5) is 5.82 Å². The molecule has 0 aliphatic carbocycles. The second-order valence-electron chi connectivity index (χ2n) is 9.62. The minimum absolute atomic E-state index is 0.0562. The van der Waals surface area contributed by atoms with Crippen molar-refractivity contribution in [3.63, 3.8) is 0 Å². The summed E-state index contributed by atoms with van der Waals surface area (Å²) in [6, 6.07) is 16.7. The zero-order chi connectivity index (χ0) is 30.8. The van der Waals surface area contributed by atoms with Crippen molar-refractivity contribution in [2.45, 2.75) is 13.0 Å². The maximum Gasteiger partial charge on any atom is 0.264 e. The van der Waals surface area contributed by atoms with Crippen LogP contribution in [0, 0.1) is 0 Å². The monoisotopic (exact) mass is 624 g/mol. The summed E-state index contributed by atoms with van der Waals surface area (Å²) in [7, 11) is 0. The van der Waals surface area contributed by atoms with Crippen LogP contribution in [-0.4, -0.2) is 34.5 Å². The fourth-order valence-corrected chi connectivity index (χ4v) is 5.56. The first-order valence-corrected chi connectivity index (χ1v) is 14.0. The number of halogens is 2. The minimum Gasteiger partial charge on any atom is -0.361 e. The van der Waals surface area contributed by atoms with E-state index in [-0.39, 0.29) is 16.4 Å². The number of nitrogens with zero attached hydrogens (tertiary/aromatic N) is 5. The van der Waals surface area contributed by atoms with Gasteiger partial charge in [0.1, 0.15) is 35.2 Å². The van der Waals surface area contributed by atoms with Crippen molar-refractivity contribution in [3.8, 4) is 5.69 Å². The Kier molecular flexibility index (Phi) is 7.88. The van der Waals surface area contributed by atoms with Crippen molar-refractivity contribution in [2.75, 3.05) is 5.32 Å². The molecule has 218 valence electrons. The molecule has 44 heavy (non-hydrogen) atoms. The Morgan fingerprint density at radius 1 is 0.773 bits per heavy atom. The Morgan fingerprint density at radius 3 is 2.27 bits per heavy atom. The highest BCUT2D eigenvalue weighted by atomic mass is 35.5. The molecule has 0 aliphatic rings. The number of hydrogen-bond acceptors (Lipinski definition) is 8. The summed E-state index contributed by atoms with van der Waals surface area (Å²) in [5.41, 5.74) is 1.56. The molecule has 3 N–H and O–H groups in total. The molecular formula is C31H22Cl2N8O3. The summed E-state index contributed by atoms with van der Waals surface area (Å²) < 4.78 is 1.54. The first-order valence-electron chi connectivity index (χ1n) is 13.3. The zero-order valence-electron chi connectivity index (χ0n) is 23.0. The smallest absolute Gasteiger partial charge is 0.264 e. The van der Waals surface area contributed by atoms with E-state index in [4.69, 9.17) is 23.2 Å². The normalized spacial score (nSPS) is 11.7. The number of H-pyrrole nitrogens is 2. The van der Waals surface area contributed by atoms with E-state index in [0.29, 0.717) is 60.1 Å². The fourth-order valence-electron chi connectivity index (χ4n) is 4.90. The van der Waals surface area contributed by atoms with E-state index in [1.807, 2.05) is 37.3 Å². The molecule has 0 saturated carbocycles. The van der Waals surface area contributed by atoms with Crippen molar-refractivity contribution in [1.29, 1.82) is 0 Å². The average molecular weight is 625 g/mol. The molecule has 0 aliphatic heterocycles. The quantitative estimate of drug-likeness (QED) is 0.235. The Labute approximate surface area is 258 Å². The lowest BCUT2D eigenvalue weighted by atomic mass is 10.1. The van der Waals surface area contributed by atoms with Gasteiger partial charge in [-0.05, 0) is 25.1 Å². The topological polar surface area (TPSA) is 151 Å². The fraction of sp³-hybridized carbons (Fsp3) is 0.0645. The van der Waals surface area contributed by atoms with Crippen molar-refractivity contribution in [2.24, 2.45) is 0 Å². The third-order valence-corrected chi connectivity index (χ3v) is 7.60. The highest BCUT2D eigenvalue weighted by molar-refractivity contribution is 6.40. The molecular weight excluding hydrogens is 603 g/mol. The molecule has 7 aromatic rings. The van der Waals surface area contributed by atoms with Gasteiger partial charge in [0.15, 0.2) is 10.9 Å². The summed E-state index contributed by atoms with van der Waals surface area (Å²) in [4.78, 5) is 59.0. The van der Waals surface area contributed by atoms with E-state index in [0.717, 1.165) is 0 Å². The Morgan fingerprint density at radius 2 is 1.50 bits per heavy atom. The van der Waals surface area contributed by atoms with Gasteiger partial charge in [-0.25, -0.2) is 19.9 Å². The van der Waals surface area contributed by atoms with Crippen LogP contribution in [0.25, 0.3) is 38.5 Å². The molecule has 0 radical (unpaired) electrons. The molecule has 0 bridgehead atoms. The molecule has 7 rings (SSSR count). The van der Waals surface area contributed by atoms with Gasteiger partial charge in [-0.2, -0.15) is 0 Å². The summed E-state index contributed by atoms with van der Waals surface area (Å²) in [6.45, 7) is 1.85. The molecule has 11 nitrogen and oxygen atoms in total. The largest absolute Gasteiger partial charge is 0.361 e. The van der Waals surface area contributed by atoms with Gasteiger partial charge in [-0.15, -0.1) is 0 Å². The molecule has 0 unspecified atom stereocenters. The minimum atomic E-state index is -0.508. The molecule has 0 fully saturated rings. The van der Waals surface area contributed by atoms with Crippen LogP contribution in [0.3, 0.4) is 0 Å². The van der Waals surface area contributed by atoms with E-state index >= 15 is 0 Å². The number of hydrogen-bond donors (Lipinski definition) is 3. The number of aromatic nitrogens is 7. The van der Waals surface area contributed by atoms with E-state index in [1.165, 1.54) is 37.2 Å². The van der Waals surface area contributed by atoms with Gasteiger partial charge < -0.3 is 15.3 Å². The maximum atomic E-state index is 13.7. The first-order chi connectivity index (χ1) is 21.3. The van der Waals surface area contributed by atoms with Crippen LogP contribution in [0.15, 0.2) is 106 Å². The van der Waals surface area contributed by atoms with E-state index < -0.39 is 6.04 Å². The van der Waals surface area contributed by atoms with Crippen LogP contribution in [-0.2, 0) is 0 Å². The van der Waals surface area contributed by atoms with Gasteiger partial charge in [-0.1, -0.05) is 53.5 Å². The number of pyridine rings is 3. The first kappa shape index (κ1) is 28.7. The van der Waals surface area contributed by atoms with Gasteiger partial charge >= 0.3 is 0 Å². The molecule has 0 spiro atoms. The molecule has 1 atom stereocenters. The highest BCUT2D eigenvalue weighted by Gasteiger charge is 2.23. The Bertz CT molecular complexity index is 2330. The SMILES string of the molecule is C[C@H](Nc1ncnc2[nH]ccc(=O)c12)c1c(Cl)c2cccc(Cl)c2c(=O)n1-c1ccccc1.O=c1cc[nH]c2ncncc12. The predicted molar refractivity (Wildman–Crippen MR) is 172 cm³/mol. The van der Waals surface area contributed by atoms with E-state index in [1.54, 1.807) is 29.0 Å². The van der Waals surface area contributed by atoms with Gasteiger partial charge in [0.05, 0.1) is 32.6 Å². The third-order valence-electron chi connectivity index (χ3n) is 6.89. The summed E-state index contributed by atoms with van der Waals surface area (Å²) >= 11 is 13.3. The number of para-hydroxylation sites is 1. The van der Waals surface area contributed by atoms with Crippen LogP contribution in [0.5, 0.6) is 0 Å². The van der Waals surface area contributed by atoms with Crippen LogP contribution < -0.4 is 21.7 Å². The Hall–Kier alpha value is -5.39. The predicted octanol–water partition coefficient (Wildman–Crippen LogP) is 5.42. The highest BCUT2D eigenvalue weighted by Crippen LogP contribution is 2.35. The molecule has 5 heterocycles. The number of nitrogens with one attached hydrogen (secondary N) is 3. The van der Waals surface area contributed by atoms with Crippen molar-refractivity contribution >= 4 is 61.9 Å². The van der Waals surface area contributed by atoms with Crippen LogP contribution in [0.1, 0.15) is 18.7 Å². The maximum absolute atomic E-state index is 13.7. The molecule has 2 aromatic carbocycles. The van der Waals surface area contributed by atoms with Crippen LogP contribution >= 0.6 is 23.2 Å². The lowest BCUT2D eigenvalue weighted by Gasteiger charge is -2.23. The second-order valence-corrected chi connectivity index (χ2v) is 10.4. The van der Waals surface area contributed by atoms with Crippen molar-refractivity contribution < 1.29 is 0 Å². The third kappa shape index (κ3) is 5.30. The van der Waals surface area contributed by atoms with Gasteiger partial charge in [0, 0.05) is 41.8 Å². The number of aromatic amines is 2. The zero-order valence-corrected chi connectivity index (χ0v) is 24.5. The van der Waals surface area contributed by atoms with Crippen molar-refractivity contribution in [3.05, 3.63) is 138 Å². The second kappa shape index (κ2) is 12.1. The molecule has 5 aromatic heterocycles. The summed E-state index contributed by atoms with van der Waals surface area (Å²) in [6.07, 6.45) is 7.36. The lowest BCUT2D eigenvalue weighted by Crippen LogP contribution is -2.27. The molecule has 13 heteroatoms. The van der Waals surface area contributed by atoms with Gasteiger partial charge in [0.2, 0.25) is 0 Å². The standard InChI is InChI=1S/C24H17Cl2N5O2.C7H5N3O/c1-13(30-23-19-17(32)10-11-27-22(19)28-12-29-23)21-20(26)15-8-5-9-16(25)18(15)24(33)31(21)14-6-3-2-4-7-14;11-6-1-2-9-7-5(6)3-8-4-10-7/h2-13H,1H3,(H2,27,28,29,30,32);1-4H,(H,8,9,10,11)/t13-;/m0./s1. The van der Waals surface area contributed by atoms with E-state index in [2.05, 4.69) is 35.2 Å². The number of rotatable bonds is 4. The van der Waals surface area contributed by atoms with Gasteiger partial charge in [-0.3, -0.25) is 19.0 Å². The molecule has 0 saturated heterocycles. The van der Waals surface area contributed by atoms with Gasteiger partial charge in [0.25, 0.3) is 5.56 Å². The summed E-state index contributed by atoms with van der Waals surface area (Å²) in [5.74, 6) is 0.337. The number of anilines is 1. The Balaban J connectivity index is 0.000000261. The molecule has 0 amide bonds. The van der Waals surface area contributed by atoms with Crippen LogP contribution in [0.2, 0.25) is 10.0 Å². The lowest BCUT2D eigenvalue weighted by molar-refractivity contribution is 0.774. The van der Waals surface area contributed by atoms with E-state index in [9.17, 15) is 14.4 Å².